The van der Waals surface area contributed by atoms with Gasteiger partial charge in [-0.05, 0) is 70.6 Å². The van der Waals surface area contributed by atoms with Gasteiger partial charge in [-0.2, -0.15) is 0 Å². The minimum atomic E-state index is -0.665. The first-order chi connectivity index (χ1) is 39.0. The Morgan fingerprint density at radius 1 is 0.342 bits per heavy atom. The molecule has 0 saturated carbocycles. The van der Waals surface area contributed by atoms with Crippen molar-refractivity contribution in [3.05, 3.63) is 24.3 Å². The molecule has 0 aliphatic heterocycles. The van der Waals surface area contributed by atoms with Crippen LogP contribution < -0.4 is 5.32 Å². The molecule has 6 heteroatoms. The van der Waals surface area contributed by atoms with Crippen LogP contribution in [0.1, 0.15) is 406 Å². The number of esters is 1. The zero-order chi connectivity index (χ0) is 57.1. The molecule has 0 fully saturated rings. The normalized spacial score (nSPS) is 12.6. The summed E-state index contributed by atoms with van der Waals surface area (Å²) in [4.78, 5) is 24.6. The van der Waals surface area contributed by atoms with Crippen LogP contribution in [-0.4, -0.2) is 47.4 Å². The van der Waals surface area contributed by atoms with Crippen LogP contribution in [-0.2, 0) is 14.3 Å². The molecule has 1 amide bonds. The molecule has 3 N–H and O–H groups in total. The van der Waals surface area contributed by atoms with E-state index in [-0.39, 0.29) is 18.5 Å². The van der Waals surface area contributed by atoms with Gasteiger partial charge in [-0.3, -0.25) is 9.59 Å². The van der Waals surface area contributed by atoms with Gasteiger partial charge in [0.1, 0.15) is 0 Å². The van der Waals surface area contributed by atoms with Gasteiger partial charge in [-0.25, -0.2) is 0 Å². The third kappa shape index (κ3) is 65.4. The highest BCUT2D eigenvalue weighted by molar-refractivity contribution is 5.76. The standard InChI is InChI=1S/C73H141NO5/c1-3-5-7-9-11-13-15-16-17-18-19-20-27-30-33-36-39-42-46-49-53-57-61-65-71(76)70(69-75)74-72(77)66-62-58-54-50-47-43-40-37-34-31-28-25-23-21-22-24-26-29-32-35-38-41-44-48-52-56-60-64-68-79-73(78)67-63-59-55-51-45-14-12-10-8-6-4-2/h10,12,21-22,70-71,75-76H,3-9,11,13-20,23-69H2,1-2H3,(H,74,77)/b12-10-,22-21-. The van der Waals surface area contributed by atoms with E-state index in [1.807, 2.05) is 0 Å². The first-order valence-corrected chi connectivity index (χ1v) is 36.1. The Bertz CT molecular complexity index is 1230. The van der Waals surface area contributed by atoms with E-state index in [1.165, 1.54) is 327 Å². The maximum atomic E-state index is 12.6. The lowest BCUT2D eigenvalue weighted by Gasteiger charge is -2.22. The van der Waals surface area contributed by atoms with Crippen molar-refractivity contribution in [3.8, 4) is 0 Å². The first kappa shape index (κ1) is 77.3. The third-order valence-electron chi connectivity index (χ3n) is 17.0. The second-order valence-corrected chi connectivity index (χ2v) is 24.9. The summed E-state index contributed by atoms with van der Waals surface area (Å²) in [5.74, 6) is -0.0246. The smallest absolute Gasteiger partial charge is 0.305 e. The maximum Gasteiger partial charge on any atom is 0.305 e. The first-order valence-electron chi connectivity index (χ1n) is 36.1. The van der Waals surface area contributed by atoms with E-state index in [2.05, 4.69) is 43.5 Å². The fourth-order valence-electron chi connectivity index (χ4n) is 11.4. The molecule has 0 bridgehead atoms. The Kier molecular flexibility index (Phi) is 67.4. The zero-order valence-electron chi connectivity index (χ0n) is 53.6. The van der Waals surface area contributed by atoms with Crippen molar-refractivity contribution < 1.29 is 24.5 Å². The number of aliphatic hydroxyl groups excluding tert-OH is 2. The molecule has 0 spiro atoms. The molecule has 0 aromatic rings. The van der Waals surface area contributed by atoms with Crippen molar-refractivity contribution >= 4 is 11.9 Å². The molecular formula is C73H141NO5. The topological polar surface area (TPSA) is 95.9 Å². The summed E-state index contributed by atoms with van der Waals surface area (Å²) in [5, 5.41) is 23.4. The Labute approximate surface area is 494 Å². The van der Waals surface area contributed by atoms with E-state index in [9.17, 15) is 19.8 Å². The van der Waals surface area contributed by atoms with Crippen LogP contribution >= 0.6 is 0 Å². The highest BCUT2D eigenvalue weighted by Gasteiger charge is 2.20. The molecule has 0 saturated heterocycles. The number of carbonyl (C=O) groups excluding carboxylic acids is 2. The number of hydrogen-bond donors (Lipinski definition) is 3. The number of amides is 1. The fraction of sp³-hybridized carbons (Fsp3) is 0.918. The summed E-state index contributed by atoms with van der Waals surface area (Å²) in [5.41, 5.74) is 0. The van der Waals surface area contributed by atoms with Crippen LogP contribution in [0.3, 0.4) is 0 Å². The van der Waals surface area contributed by atoms with Gasteiger partial charge in [0.25, 0.3) is 0 Å². The number of nitrogens with one attached hydrogen (secondary N) is 1. The van der Waals surface area contributed by atoms with Crippen molar-refractivity contribution in [1.82, 2.24) is 5.32 Å². The van der Waals surface area contributed by atoms with Gasteiger partial charge in [0.2, 0.25) is 5.91 Å². The Morgan fingerprint density at radius 2 is 0.608 bits per heavy atom. The van der Waals surface area contributed by atoms with Gasteiger partial charge in [-0.1, -0.05) is 346 Å². The number of hydrogen-bond acceptors (Lipinski definition) is 5. The molecule has 468 valence electrons. The SMILES string of the molecule is CCCC/C=C\CCCCCCCC(=O)OCCCCCCCCCCCCCC/C=C\CCCCCCCCCCCCCCC(=O)NC(CO)C(O)CCCCCCCCCCCCCCCCCCCCCCCCC. The summed E-state index contributed by atoms with van der Waals surface area (Å²) in [7, 11) is 0. The molecule has 79 heavy (non-hydrogen) atoms. The van der Waals surface area contributed by atoms with Crippen LogP contribution in [0.2, 0.25) is 0 Å². The zero-order valence-corrected chi connectivity index (χ0v) is 53.6. The highest BCUT2D eigenvalue weighted by atomic mass is 16.5. The largest absolute Gasteiger partial charge is 0.466 e. The summed E-state index contributed by atoms with van der Waals surface area (Å²) in [6.07, 6.45) is 86.6. The molecule has 0 aliphatic carbocycles. The Hall–Kier alpha value is -1.66. The van der Waals surface area contributed by atoms with E-state index >= 15 is 0 Å². The van der Waals surface area contributed by atoms with Crippen LogP contribution in [0.25, 0.3) is 0 Å². The summed E-state index contributed by atoms with van der Waals surface area (Å²) in [6.45, 7) is 4.95. The van der Waals surface area contributed by atoms with Crippen LogP contribution in [0.15, 0.2) is 24.3 Å². The van der Waals surface area contributed by atoms with Crippen molar-refractivity contribution in [2.45, 2.75) is 418 Å². The second-order valence-electron chi connectivity index (χ2n) is 24.9. The van der Waals surface area contributed by atoms with Gasteiger partial charge in [0, 0.05) is 12.8 Å². The average Bonchev–Trinajstić information content (AvgIpc) is 3.45. The summed E-state index contributed by atoms with van der Waals surface area (Å²) >= 11 is 0. The van der Waals surface area contributed by atoms with Gasteiger partial charge >= 0.3 is 5.97 Å². The molecule has 6 nitrogen and oxygen atoms in total. The number of carbonyl (C=O) groups is 2. The predicted molar refractivity (Wildman–Crippen MR) is 347 cm³/mol. The van der Waals surface area contributed by atoms with E-state index in [0.717, 1.165) is 44.9 Å². The summed E-state index contributed by atoms with van der Waals surface area (Å²) < 4.78 is 5.47. The number of ether oxygens (including phenoxy) is 1. The highest BCUT2D eigenvalue weighted by Crippen LogP contribution is 2.19. The minimum Gasteiger partial charge on any atom is -0.466 e. The molecule has 0 rings (SSSR count). The van der Waals surface area contributed by atoms with Crippen LogP contribution in [0.4, 0.5) is 0 Å². The molecule has 2 atom stereocenters. The van der Waals surface area contributed by atoms with E-state index in [4.69, 9.17) is 4.74 Å². The third-order valence-corrected chi connectivity index (χ3v) is 17.0. The number of unbranched alkanes of at least 4 members (excludes halogenated alkanes) is 53. The number of aliphatic hydroxyl groups is 2. The van der Waals surface area contributed by atoms with Gasteiger partial charge < -0.3 is 20.3 Å². The van der Waals surface area contributed by atoms with Gasteiger partial charge in [0.05, 0.1) is 25.4 Å². The lowest BCUT2D eigenvalue weighted by atomic mass is 10.0. The van der Waals surface area contributed by atoms with E-state index < -0.39 is 12.1 Å². The van der Waals surface area contributed by atoms with Gasteiger partial charge in [0.15, 0.2) is 0 Å². The minimum absolute atomic E-state index is 0.00541. The van der Waals surface area contributed by atoms with Crippen LogP contribution in [0.5, 0.6) is 0 Å². The lowest BCUT2D eigenvalue weighted by Crippen LogP contribution is -2.45. The Morgan fingerprint density at radius 3 is 0.937 bits per heavy atom. The maximum absolute atomic E-state index is 12.6. The molecule has 0 aromatic heterocycles. The molecular weight excluding hydrogens is 971 g/mol. The van der Waals surface area contributed by atoms with Crippen molar-refractivity contribution in [2.24, 2.45) is 0 Å². The van der Waals surface area contributed by atoms with Gasteiger partial charge in [-0.15, -0.1) is 0 Å². The number of rotatable bonds is 68. The quantitative estimate of drug-likeness (QED) is 0.0320. The summed E-state index contributed by atoms with van der Waals surface area (Å²) in [6, 6.07) is -0.542. The molecule has 0 radical (unpaired) electrons. The monoisotopic (exact) mass is 1110 g/mol. The molecule has 0 aliphatic rings. The predicted octanol–water partition coefficient (Wildman–Crippen LogP) is 23.3. The van der Waals surface area contributed by atoms with Crippen molar-refractivity contribution in [2.75, 3.05) is 13.2 Å². The lowest BCUT2D eigenvalue weighted by molar-refractivity contribution is -0.143. The fourth-order valence-corrected chi connectivity index (χ4v) is 11.4. The van der Waals surface area contributed by atoms with Crippen LogP contribution in [0, 0.1) is 0 Å². The Balaban J connectivity index is 3.38. The van der Waals surface area contributed by atoms with Crippen molar-refractivity contribution in [3.63, 3.8) is 0 Å². The van der Waals surface area contributed by atoms with Crippen molar-refractivity contribution in [1.29, 1.82) is 0 Å². The second kappa shape index (κ2) is 68.8. The van der Waals surface area contributed by atoms with E-state index in [0.29, 0.717) is 25.9 Å². The molecule has 0 heterocycles. The number of allylic oxidation sites excluding steroid dienone is 4. The average molecular weight is 1110 g/mol. The molecule has 0 aromatic carbocycles. The molecule has 2 unspecified atom stereocenters. The van der Waals surface area contributed by atoms with E-state index in [1.54, 1.807) is 0 Å².